The maximum Gasteiger partial charge on any atom is 0.205 e. The van der Waals surface area contributed by atoms with Gasteiger partial charge in [0.1, 0.15) is 11.6 Å². The molecule has 96 valence electrons. The van der Waals surface area contributed by atoms with Crippen molar-refractivity contribution in [1.29, 1.82) is 0 Å². The van der Waals surface area contributed by atoms with Crippen molar-refractivity contribution in [1.82, 2.24) is 9.36 Å². The Labute approximate surface area is 111 Å². The Kier molecular flexibility index (Phi) is 3.07. The van der Waals surface area contributed by atoms with Crippen LogP contribution < -0.4 is 4.90 Å². The normalized spacial score (nSPS) is 24.4. The van der Waals surface area contributed by atoms with Crippen molar-refractivity contribution in [3.63, 3.8) is 0 Å². The summed E-state index contributed by atoms with van der Waals surface area (Å²) in [6.45, 7) is 5.27. The fraction of sp³-hybridized carbons (Fsp3) is 0.538. The molecule has 0 bridgehead atoms. The standard InChI is InChI=1S/C13H17N3OS/c1-9-5-6-16(13-14-10(2)15-18-13)11(8-9)12-4-3-7-17-12/h3-4,7,9,11H,5-6,8H2,1-2H3. The van der Waals surface area contributed by atoms with Gasteiger partial charge in [0.15, 0.2) is 0 Å². The second kappa shape index (κ2) is 4.72. The Bertz CT molecular complexity index is 508. The highest BCUT2D eigenvalue weighted by Gasteiger charge is 2.31. The van der Waals surface area contributed by atoms with E-state index in [4.69, 9.17) is 4.42 Å². The number of aromatic nitrogens is 2. The lowest BCUT2D eigenvalue weighted by atomic mass is 9.91. The fourth-order valence-corrected chi connectivity index (χ4v) is 3.27. The number of furan rings is 1. The summed E-state index contributed by atoms with van der Waals surface area (Å²) in [5.74, 6) is 2.62. The zero-order valence-corrected chi connectivity index (χ0v) is 11.5. The average molecular weight is 263 g/mol. The molecule has 0 aliphatic carbocycles. The van der Waals surface area contributed by atoms with Gasteiger partial charge in [0.05, 0.1) is 12.3 Å². The van der Waals surface area contributed by atoms with Crippen LogP contribution in [-0.2, 0) is 0 Å². The monoisotopic (exact) mass is 263 g/mol. The predicted molar refractivity (Wildman–Crippen MR) is 71.8 cm³/mol. The van der Waals surface area contributed by atoms with Crippen molar-refractivity contribution >= 4 is 16.7 Å². The number of nitrogens with zero attached hydrogens (tertiary/aromatic N) is 3. The van der Waals surface area contributed by atoms with Crippen LogP contribution in [0.2, 0.25) is 0 Å². The van der Waals surface area contributed by atoms with Gasteiger partial charge in [0, 0.05) is 18.1 Å². The first kappa shape index (κ1) is 11.7. The summed E-state index contributed by atoms with van der Waals surface area (Å²) in [6.07, 6.45) is 4.07. The van der Waals surface area contributed by atoms with Crippen molar-refractivity contribution in [2.45, 2.75) is 32.7 Å². The lowest BCUT2D eigenvalue weighted by Gasteiger charge is -2.36. The van der Waals surface area contributed by atoms with E-state index in [0.717, 1.165) is 35.6 Å². The zero-order valence-electron chi connectivity index (χ0n) is 10.7. The molecule has 1 saturated heterocycles. The summed E-state index contributed by atoms with van der Waals surface area (Å²) in [4.78, 5) is 6.85. The van der Waals surface area contributed by atoms with Crippen molar-refractivity contribution < 1.29 is 4.42 Å². The maximum absolute atomic E-state index is 5.59. The topological polar surface area (TPSA) is 42.2 Å². The summed E-state index contributed by atoms with van der Waals surface area (Å²) in [5, 5.41) is 1.01. The van der Waals surface area contributed by atoms with Crippen LogP contribution in [0, 0.1) is 12.8 Å². The molecule has 2 aromatic rings. The van der Waals surface area contributed by atoms with Gasteiger partial charge in [-0.3, -0.25) is 0 Å². The lowest BCUT2D eigenvalue weighted by molar-refractivity contribution is 0.328. The molecule has 0 spiro atoms. The van der Waals surface area contributed by atoms with Gasteiger partial charge in [-0.15, -0.1) is 0 Å². The maximum atomic E-state index is 5.59. The first-order valence-corrected chi connectivity index (χ1v) is 7.11. The smallest absolute Gasteiger partial charge is 0.205 e. The minimum atomic E-state index is 0.302. The quantitative estimate of drug-likeness (QED) is 0.832. The number of aryl methyl sites for hydroxylation is 1. The second-order valence-electron chi connectivity index (χ2n) is 4.98. The predicted octanol–water partition coefficient (Wildman–Crippen LogP) is 3.42. The summed E-state index contributed by atoms with van der Waals surface area (Å²) < 4.78 is 9.88. The molecule has 2 aromatic heterocycles. The molecule has 1 aliphatic rings. The number of anilines is 1. The zero-order chi connectivity index (χ0) is 12.5. The highest BCUT2D eigenvalue weighted by atomic mass is 32.1. The Morgan fingerprint density at radius 3 is 3.06 bits per heavy atom. The number of hydrogen-bond acceptors (Lipinski definition) is 5. The molecule has 0 radical (unpaired) electrons. The van der Waals surface area contributed by atoms with Gasteiger partial charge in [-0.2, -0.15) is 4.37 Å². The summed E-state index contributed by atoms with van der Waals surface area (Å²) in [5.41, 5.74) is 0. The highest BCUT2D eigenvalue weighted by molar-refractivity contribution is 7.09. The third kappa shape index (κ3) is 2.14. The van der Waals surface area contributed by atoms with Gasteiger partial charge in [-0.1, -0.05) is 6.92 Å². The third-order valence-electron chi connectivity index (χ3n) is 3.50. The van der Waals surface area contributed by atoms with Crippen LogP contribution in [0.1, 0.15) is 37.4 Å². The van der Waals surface area contributed by atoms with Crippen LogP contribution in [0.25, 0.3) is 0 Å². The van der Waals surface area contributed by atoms with Gasteiger partial charge in [0.25, 0.3) is 0 Å². The van der Waals surface area contributed by atoms with Crippen LogP contribution in [0.4, 0.5) is 5.13 Å². The van der Waals surface area contributed by atoms with E-state index in [0.29, 0.717) is 6.04 Å². The molecule has 1 aliphatic heterocycles. The minimum absolute atomic E-state index is 0.302. The molecule has 3 rings (SSSR count). The molecular weight excluding hydrogens is 246 g/mol. The number of hydrogen-bond donors (Lipinski definition) is 0. The van der Waals surface area contributed by atoms with Crippen LogP contribution in [0.3, 0.4) is 0 Å². The lowest BCUT2D eigenvalue weighted by Crippen LogP contribution is -2.36. The SMILES string of the molecule is Cc1nsc(N2CCC(C)CC2c2ccco2)n1. The molecule has 5 heteroatoms. The Morgan fingerprint density at radius 2 is 2.39 bits per heavy atom. The molecule has 3 heterocycles. The van der Waals surface area contributed by atoms with E-state index in [1.165, 1.54) is 18.0 Å². The Balaban J connectivity index is 1.91. The van der Waals surface area contributed by atoms with E-state index in [1.54, 1.807) is 6.26 Å². The van der Waals surface area contributed by atoms with Gasteiger partial charge >= 0.3 is 0 Å². The molecule has 0 aromatic carbocycles. The fourth-order valence-electron chi connectivity index (χ4n) is 2.52. The Hall–Kier alpha value is -1.36. The van der Waals surface area contributed by atoms with E-state index in [9.17, 15) is 0 Å². The molecule has 18 heavy (non-hydrogen) atoms. The Morgan fingerprint density at radius 1 is 1.50 bits per heavy atom. The van der Waals surface area contributed by atoms with Crippen LogP contribution in [-0.4, -0.2) is 15.9 Å². The number of rotatable bonds is 2. The minimum Gasteiger partial charge on any atom is -0.467 e. The second-order valence-corrected chi connectivity index (χ2v) is 5.71. The highest BCUT2D eigenvalue weighted by Crippen LogP contribution is 2.38. The van der Waals surface area contributed by atoms with Crippen molar-refractivity contribution in [2.24, 2.45) is 5.92 Å². The molecule has 1 fully saturated rings. The molecule has 4 nitrogen and oxygen atoms in total. The van der Waals surface area contributed by atoms with Gasteiger partial charge in [-0.25, -0.2) is 4.98 Å². The summed E-state index contributed by atoms with van der Waals surface area (Å²) in [6, 6.07) is 4.32. The summed E-state index contributed by atoms with van der Waals surface area (Å²) in [7, 11) is 0. The molecule has 0 N–H and O–H groups in total. The molecule has 0 amide bonds. The van der Waals surface area contributed by atoms with Gasteiger partial charge in [0.2, 0.25) is 5.13 Å². The molecular formula is C13H17N3OS. The first-order valence-electron chi connectivity index (χ1n) is 6.34. The van der Waals surface area contributed by atoms with Crippen LogP contribution in [0.5, 0.6) is 0 Å². The van der Waals surface area contributed by atoms with Crippen LogP contribution in [0.15, 0.2) is 22.8 Å². The van der Waals surface area contributed by atoms with E-state index in [-0.39, 0.29) is 0 Å². The van der Waals surface area contributed by atoms with Crippen molar-refractivity contribution in [3.05, 3.63) is 30.0 Å². The van der Waals surface area contributed by atoms with E-state index in [1.807, 2.05) is 13.0 Å². The number of piperidine rings is 1. The average Bonchev–Trinajstić information content (AvgIpc) is 2.99. The van der Waals surface area contributed by atoms with Crippen molar-refractivity contribution in [2.75, 3.05) is 11.4 Å². The molecule has 0 saturated carbocycles. The largest absolute Gasteiger partial charge is 0.467 e. The first-order chi connectivity index (χ1) is 8.74. The molecule has 2 atom stereocenters. The third-order valence-corrected chi connectivity index (χ3v) is 4.34. The van der Waals surface area contributed by atoms with Gasteiger partial charge < -0.3 is 9.32 Å². The van der Waals surface area contributed by atoms with Gasteiger partial charge in [-0.05, 0) is 37.8 Å². The molecule has 2 unspecified atom stereocenters. The summed E-state index contributed by atoms with van der Waals surface area (Å²) >= 11 is 1.48. The van der Waals surface area contributed by atoms with Crippen molar-refractivity contribution in [3.8, 4) is 0 Å². The van der Waals surface area contributed by atoms with E-state index >= 15 is 0 Å². The van der Waals surface area contributed by atoms with Crippen LogP contribution >= 0.6 is 11.5 Å². The van der Waals surface area contributed by atoms with E-state index < -0.39 is 0 Å². The van der Waals surface area contributed by atoms with E-state index in [2.05, 4.69) is 27.2 Å².